The van der Waals surface area contributed by atoms with Crippen LogP contribution in [0.1, 0.15) is 23.4 Å². The number of carboxylic acid groups (broad SMARTS) is 1. The van der Waals surface area contributed by atoms with Gasteiger partial charge in [0, 0.05) is 28.9 Å². The first-order valence-corrected chi connectivity index (χ1v) is 8.46. The molecule has 8 nitrogen and oxygen atoms in total. The number of furan rings is 1. The van der Waals surface area contributed by atoms with Crippen LogP contribution in [0.25, 0.3) is 11.0 Å². The summed E-state index contributed by atoms with van der Waals surface area (Å²) in [4.78, 5) is 36.4. The Hall–Kier alpha value is -2.55. The number of fused-ring (bicyclic) bond motifs is 1. The van der Waals surface area contributed by atoms with E-state index in [0.29, 0.717) is 36.9 Å². The van der Waals surface area contributed by atoms with Gasteiger partial charge in [-0.3, -0.25) is 9.59 Å². The molecule has 1 fully saturated rings. The topological polar surface area (TPSA) is 126 Å². The number of hydrogen-bond donors (Lipinski definition) is 3. The number of nitrogens with one attached hydrogen (secondary N) is 1. The van der Waals surface area contributed by atoms with E-state index in [-0.39, 0.29) is 23.3 Å². The van der Waals surface area contributed by atoms with Crippen molar-refractivity contribution in [3.8, 4) is 0 Å². The van der Waals surface area contributed by atoms with E-state index in [9.17, 15) is 14.4 Å². The van der Waals surface area contributed by atoms with Crippen LogP contribution >= 0.6 is 15.9 Å². The molecule has 3 rings (SSSR count). The number of primary amides is 1. The van der Waals surface area contributed by atoms with Gasteiger partial charge in [0.2, 0.25) is 11.7 Å². The fourth-order valence-electron chi connectivity index (χ4n) is 2.93. The molecule has 0 saturated carbocycles. The maximum Gasteiger partial charge on any atom is 0.407 e. The van der Waals surface area contributed by atoms with Crippen LogP contribution in [0.3, 0.4) is 0 Å². The fourth-order valence-corrected chi connectivity index (χ4v) is 3.29. The van der Waals surface area contributed by atoms with Gasteiger partial charge in [-0.05, 0) is 31.0 Å². The summed E-state index contributed by atoms with van der Waals surface area (Å²) in [5, 5.41) is 12.3. The number of anilines is 1. The van der Waals surface area contributed by atoms with Crippen LogP contribution in [-0.4, -0.2) is 41.0 Å². The van der Waals surface area contributed by atoms with Gasteiger partial charge in [-0.15, -0.1) is 0 Å². The molecule has 1 aromatic heterocycles. The zero-order valence-corrected chi connectivity index (χ0v) is 14.7. The molecule has 0 spiro atoms. The number of hydrogen-bond acceptors (Lipinski definition) is 4. The first-order chi connectivity index (χ1) is 11.9. The molecule has 4 N–H and O–H groups in total. The average molecular weight is 410 g/mol. The molecular formula is C16H16BrN3O5. The minimum absolute atomic E-state index is 0.107. The summed E-state index contributed by atoms with van der Waals surface area (Å²) in [6.45, 7) is 0.599. The highest BCUT2D eigenvalue weighted by Gasteiger charge is 2.29. The first kappa shape index (κ1) is 17.3. The molecule has 1 aromatic carbocycles. The van der Waals surface area contributed by atoms with E-state index >= 15 is 0 Å². The van der Waals surface area contributed by atoms with Crippen LogP contribution in [0.4, 0.5) is 10.5 Å². The Kier molecular flexibility index (Phi) is 4.67. The van der Waals surface area contributed by atoms with Crippen LogP contribution in [0.5, 0.6) is 0 Å². The van der Waals surface area contributed by atoms with Crippen molar-refractivity contribution >= 4 is 50.5 Å². The lowest BCUT2D eigenvalue weighted by atomic mass is 9.96. The van der Waals surface area contributed by atoms with Crippen molar-refractivity contribution in [3.63, 3.8) is 0 Å². The van der Waals surface area contributed by atoms with Gasteiger partial charge in [-0.2, -0.15) is 0 Å². The second-order valence-corrected chi connectivity index (χ2v) is 6.76. The minimum Gasteiger partial charge on any atom is -0.465 e. The number of carbonyl (C=O) groups excluding carboxylic acids is 2. The van der Waals surface area contributed by atoms with E-state index in [2.05, 4.69) is 21.2 Å². The molecule has 2 heterocycles. The van der Waals surface area contributed by atoms with Gasteiger partial charge in [0.25, 0.3) is 5.91 Å². The molecule has 1 aliphatic heterocycles. The quantitative estimate of drug-likeness (QED) is 0.717. The largest absolute Gasteiger partial charge is 0.465 e. The molecular weight excluding hydrogens is 394 g/mol. The van der Waals surface area contributed by atoms with Crippen molar-refractivity contribution < 1.29 is 23.9 Å². The number of rotatable bonds is 3. The summed E-state index contributed by atoms with van der Waals surface area (Å²) >= 11 is 3.34. The highest BCUT2D eigenvalue weighted by atomic mass is 79.9. The smallest absolute Gasteiger partial charge is 0.407 e. The Morgan fingerprint density at radius 2 is 1.96 bits per heavy atom. The maximum atomic E-state index is 12.6. The van der Waals surface area contributed by atoms with Gasteiger partial charge in [0.05, 0.1) is 0 Å². The molecule has 0 atom stereocenters. The van der Waals surface area contributed by atoms with Gasteiger partial charge in [0.1, 0.15) is 11.3 Å². The SMILES string of the molecule is NC(=O)c1oc2ccc(Br)cc2c1NC(=O)C1CCN(C(=O)O)CC1. The van der Waals surface area contributed by atoms with Crippen molar-refractivity contribution in [3.05, 3.63) is 28.4 Å². The van der Waals surface area contributed by atoms with Gasteiger partial charge in [-0.25, -0.2) is 4.79 Å². The highest BCUT2D eigenvalue weighted by Crippen LogP contribution is 2.33. The molecule has 1 aliphatic rings. The van der Waals surface area contributed by atoms with Crippen molar-refractivity contribution in [2.45, 2.75) is 12.8 Å². The van der Waals surface area contributed by atoms with E-state index in [4.69, 9.17) is 15.3 Å². The summed E-state index contributed by atoms with van der Waals surface area (Å²) < 4.78 is 6.22. The van der Waals surface area contributed by atoms with Crippen LogP contribution in [0.2, 0.25) is 0 Å². The van der Waals surface area contributed by atoms with Crippen LogP contribution in [-0.2, 0) is 4.79 Å². The number of amides is 3. The average Bonchev–Trinajstić information content (AvgIpc) is 2.93. The molecule has 3 amide bonds. The number of halogens is 1. The van der Waals surface area contributed by atoms with E-state index in [0.717, 1.165) is 4.47 Å². The zero-order valence-electron chi connectivity index (χ0n) is 13.1. The molecule has 0 bridgehead atoms. The monoisotopic (exact) mass is 409 g/mol. The van der Waals surface area contributed by atoms with Gasteiger partial charge in [-0.1, -0.05) is 15.9 Å². The second-order valence-electron chi connectivity index (χ2n) is 5.84. The zero-order chi connectivity index (χ0) is 18.1. The van der Waals surface area contributed by atoms with Crippen LogP contribution < -0.4 is 11.1 Å². The third kappa shape index (κ3) is 3.46. The highest BCUT2D eigenvalue weighted by molar-refractivity contribution is 9.10. The molecule has 132 valence electrons. The van der Waals surface area contributed by atoms with Crippen molar-refractivity contribution in [2.75, 3.05) is 18.4 Å². The van der Waals surface area contributed by atoms with Gasteiger partial charge < -0.3 is 25.5 Å². The predicted octanol–water partition coefficient (Wildman–Crippen LogP) is 2.62. The summed E-state index contributed by atoms with van der Waals surface area (Å²) in [6, 6.07) is 5.16. The third-order valence-electron chi connectivity index (χ3n) is 4.26. The lowest BCUT2D eigenvalue weighted by Crippen LogP contribution is -2.40. The van der Waals surface area contributed by atoms with E-state index in [1.54, 1.807) is 18.2 Å². The minimum atomic E-state index is -0.986. The van der Waals surface area contributed by atoms with Crippen molar-refractivity contribution in [2.24, 2.45) is 11.7 Å². The molecule has 9 heteroatoms. The number of nitrogens with zero attached hydrogens (tertiary/aromatic N) is 1. The standard InChI is InChI=1S/C16H16BrN3O5/c17-9-1-2-11-10(7-9)12(13(25-11)14(18)21)19-15(22)8-3-5-20(6-4-8)16(23)24/h1-2,7-8H,3-6H2,(H2,18,21)(H,19,22)(H,23,24). The summed E-state index contributed by atoms with van der Waals surface area (Å²) in [5.74, 6) is -1.50. The number of nitrogens with two attached hydrogens (primary N) is 1. The fraction of sp³-hybridized carbons (Fsp3) is 0.312. The predicted molar refractivity (Wildman–Crippen MR) is 93.4 cm³/mol. The Morgan fingerprint density at radius 3 is 2.56 bits per heavy atom. The second kappa shape index (κ2) is 6.75. The number of likely N-dealkylation sites (tertiary alicyclic amines) is 1. The Morgan fingerprint density at radius 1 is 1.28 bits per heavy atom. The van der Waals surface area contributed by atoms with Gasteiger partial charge >= 0.3 is 6.09 Å². The third-order valence-corrected chi connectivity index (χ3v) is 4.75. The molecule has 1 saturated heterocycles. The van der Waals surface area contributed by atoms with E-state index in [1.165, 1.54) is 4.90 Å². The summed E-state index contributed by atoms with van der Waals surface area (Å²) in [6.07, 6.45) is -0.145. The van der Waals surface area contributed by atoms with Crippen LogP contribution in [0, 0.1) is 5.92 Å². The maximum absolute atomic E-state index is 12.6. The molecule has 0 aliphatic carbocycles. The molecule has 2 aromatic rings. The number of benzene rings is 1. The van der Waals surface area contributed by atoms with Crippen molar-refractivity contribution in [1.82, 2.24) is 4.90 Å². The lowest BCUT2D eigenvalue weighted by molar-refractivity contribution is -0.121. The summed E-state index contributed by atoms with van der Waals surface area (Å²) in [5.41, 5.74) is 6.04. The number of carbonyl (C=O) groups is 3. The number of piperidine rings is 1. The Labute approximate surface area is 151 Å². The summed E-state index contributed by atoms with van der Waals surface area (Å²) in [7, 11) is 0. The van der Waals surface area contributed by atoms with Gasteiger partial charge in [0.15, 0.2) is 0 Å². The van der Waals surface area contributed by atoms with E-state index < -0.39 is 12.0 Å². The molecule has 0 radical (unpaired) electrons. The van der Waals surface area contributed by atoms with E-state index in [1.807, 2.05) is 0 Å². The molecule has 25 heavy (non-hydrogen) atoms. The first-order valence-electron chi connectivity index (χ1n) is 7.67. The van der Waals surface area contributed by atoms with Crippen molar-refractivity contribution in [1.29, 1.82) is 0 Å². The van der Waals surface area contributed by atoms with Crippen LogP contribution in [0.15, 0.2) is 27.1 Å². The Bertz CT molecular complexity index is 855. The molecule has 0 unspecified atom stereocenters. The Balaban J connectivity index is 1.83. The normalized spacial score (nSPS) is 15.3. The lowest BCUT2D eigenvalue weighted by Gasteiger charge is -2.29.